The van der Waals surface area contributed by atoms with Crippen LogP contribution in [0.4, 0.5) is 0 Å². The van der Waals surface area contributed by atoms with Gasteiger partial charge in [0.25, 0.3) is 0 Å². The van der Waals surface area contributed by atoms with Crippen molar-refractivity contribution in [2.75, 3.05) is 21.3 Å². The molecule has 0 aliphatic carbocycles. The molecular weight excluding hydrogens is 442 g/mol. The van der Waals surface area contributed by atoms with Gasteiger partial charge >= 0.3 is 0 Å². The predicted molar refractivity (Wildman–Crippen MR) is 130 cm³/mol. The molecule has 0 radical (unpaired) electrons. The molecule has 0 saturated heterocycles. The third-order valence-corrected chi connectivity index (χ3v) is 6.50. The van der Waals surface area contributed by atoms with E-state index in [9.17, 15) is 0 Å². The Morgan fingerprint density at radius 3 is 2.28 bits per heavy atom. The maximum atomic E-state index is 5.56. The zero-order chi connectivity index (χ0) is 22.3. The van der Waals surface area contributed by atoms with Crippen LogP contribution in [0.5, 0.6) is 17.2 Å². The number of aromatic nitrogens is 1. The Morgan fingerprint density at radius 2 is 1.66 bits per heavy atom. The van der Waals surface area contributed by atoms with Crippen LogP contribution in [0.2, 0.25) is 0 Å². The maximum absolute atomic E-state index is 5.56. The van der Waals surface area contributed by atoms with E-state index in [1.165, 1.54) is 0 Å². The lowest BCUT2D eigenvalue weighted by atomic mass is 10.2. The van der Waals surface area contributed by atoms with Crippen molar-refractivity contribution in [2.45, 2.75) is 6.54 Å². The van der Waals surface area contributed by atoms with Gasteiger partial charge in [0.1, 0.15) is 17.2 Å². The Labute approximate surface area is 194 Å². The molecule has 0 bridgehead atoms. The number of nitrogens with zero attached hydrogens (tertiary/aromatic N) is 3. The zero-order valence-electron chi connectivity index (χ0n) is 18.0. The molecule has 6 nitrogen and oxygen atoms in total. The molecule has 0 fully saturated rings. The third kappa shape index (κ3) is 4.76. The SMILES string of the molecule is COc1cc(OC)c(C=Nn2c(-c3cccs3)csc2=NCc2ccccc2)c(OC)c1. The smallest absolute Gasteiger partial charge is 0.206 e. The van der Waals surface area contributed by atoms with Crippen molar-refractivity contribution in [3.8, 4) is 27.8 Å². The van der Waals surface area contributed by atoms with E-state index in [-0.39, 0.29) is 0 Å². The molecule has 0 spiro atoms. The van der Waals surface area contributed by atoms with Gasteiger partial charge in [-0.25, -0.2) is 4.68 Å². The number of methoxy groups -OCH3 is 3. The van der Waals surface area contributed by atoms with Crippen LogP contribution in [-0.2, 0) is 6.54 Å². The maximum Gasteiger partial charge on any atom is 0.206 e. The molecule has 0 unspecified atom stereocenters. The van der Waals surface area contributed by atoms with Crippen molar-refractivity contribution in [2.24, 2.45) is 10.1 Å². The second kappa shape index (κ2) is 10.3. The molecule has 4 aromatic rings. The summed E-state index contributed by atoms with van der Waals surface area (Å²) in [7, 11) is 4.83. The van der Waals surface area contributed by atoms with E-state index in [1.54, 1.807) is 50.2 Å². The lowest BCUT2D eigenvalue weighted by Crippen LogP contribution is -2.12. The fraction of sp³-hybridized carbons (Fsp3) is 0.167. The summed E-state index contributed by atoms with van der Waals surface area (Å²) >= 11 is 3.23. The lowest BCUT2D eigenvalue weighted by Gasteiger charge is -2.12. The van der Waals surface area contributed by atoms with Gasteiger partial charge in [-0.3, -0.25) is 4.99 Å². The van der Waals surface area contributed by atoms with Crippen molar-refractivity contribution in [3.63, 3.8) is 0 Å². The van der Waals surface area contributed by atoms with E-state index in [0.717, 1.165) is 26.5 Å². The van der Waals surface area contributed by atoms with Gasteiger partial charge in [-0.05, 0) is 17.0 Å². The quantitative estimate of drug-likeness (QED) is 0.332. The van der Waals surface area contributed by atoms with E-state index < -0.39 is 0 Å². The number of ether oxygens (including phenoxy) is 3. The summed E-state index contributed by atoms with van der Waals surface area (Å²) in [5.74, 6) is 1.87. The summed E-state index contributed by atoms with van der Waals surface area (Å²) in [5, 5.41) is 8.92. The van der Waals surface area contributed by atoms with Crippen LogP contribution >= 0.6 is 22.7 Å². The first kappa shape index (κ1) is 21.9. The van der Waals surface area contributed by atoms with Gasteiger partial charge in [0, 0.05) is 17.5 Å². The number of thiazole rings is 1. The van der Waals surface area contributed by atoms with Crippen LogP contribution in [0, 0.1) is 0 Å². The Morgan fingerprint density at radius 1 is 0.906 bits per heavy atom. The average Bonchev–Trinajstić information content (AvgIpc) is 3.51. The van der Waals surface area contributed by atoms with Crippen LogP contribution in [0.25, 0.3) is 10.6 Å². The molecule has 0 amide bonds. The van der Waals surface area contributed by atoms with Crippen LogP contribution in [-0.4, -0.2) is 32.2 Å². The summed E-state index contributed by atoms with van der Waals surface area (Å²) in [5.41, 5.74) is 2.85. The van der Waals surface area contributed by atoms with E-state index in [4.69, 9.17) is 24.3 Å². The highest BCUT2D eigenvalue weighted by Crippen LogP contribution is 2.33. The first-order chi connectivity index (χ1) is 15.7. The van der Waals surface area contributed by atoms with Gasteiger partial charge < -0.3 is 14.2 Å². The molecule has 2 aromatic heterocycles. The normalized spacial score (nSPS) is 11.8. The van der Waals surface area contributed by atoms with Crippen molar-refractivity contribution < 1.29 is 14.2 Å². The predicted octanol–water partition coefficient (Wildman–Crippen LogP) is 5.29. The lowest BCUT2D eigenvalue weighted by molar-refractivity contribution is 0.374. The van der Waals surface area contributed by atoms with E-state index in [1.807, 2.05) is 41.1 Å². The molecule has 2 heterocycles. The van der Waals surface area contributed by atoms with Crippen molar-refractivity contribution >= 4 is 28.9 Å². The Kier molecular flexibility index (Phi) is 7.03. The van der Waals surface area contributed by atoms with Gasteiger partial charge in [-0.1, -0.05) is 36.4 Å². The molecule has 0 N–H and O–H groups in total. The highest BCUT2D eigenvalue weighted by Gasteiger charge is 2.13. The number of thiophene rings is 1. The molecular formula is C24H23N3O3S2. The summed E-state index contributed by atoms with van der Waals surface area (Å²) in [6, 6.07) is 17.9. The number of hydrogen-bond acceptors (Lipinski definition) is 7. The zero-order valence-corrected chi connectivity index (χ0v) is 19.7. The van der Waals surface area contributed by atoms with Crippen molar-refractivity contribution in [1.29, 1.82) is 0 Å². The number of rotatable bonds is 8. The molecule has 0 aliphatic rings. The standard InChI is InChI=1S/C24H23N3O3S2/c1-28-18-12-21(29-2)19(22(13-18)30-3)15-26-27-20(23-10-7-11-31-23)16-32-24(27)25-14-17-8-5-4-6-9-17/h4-13,15-16H,14H2,1-3H3. The molecule has 0 saturated carbocycles. The molecule has 164 valence electrons. The molecule has 8 heteroatoms. The fourth-order valence-electron chi connectivity index (χ4n) is 3.13. The van der Waals surface area contributed by atoms with E-state index >= 15 is 0 Å². The second-order valence-electron chi connectivity index (χ2n) is 6.68. The van der Waals surface area contributed by atoms with E-state index in [2.05, 4.69) is 29.0 Å². The van der Waals surface area contributed by atoms with Gasteiger partial charge in [0.15, 0.2) is 0 Å². The minimum atomic E-state index is 0.579. The van der Waals surface area contributed by atoms with E-state index in [0.29, 0.717) is 23.8 Å². The Balaban J connectivity index is 1.79. The molecule has 0 aliphatic heterocycles. The Hall–Kier alpha value is -3.36. The summed E-state index contributed by atoms with van der Waals surface area (Å²) in [6.45, 7) is 0.579. The highest BCUT2D eigenvalue weighted by atomic mass is 32.1. The summed E-state index contributed by atoms with van der Waals surface area (Å²) < 4.78 is 18.3. The topological polar surface area (TPSA) is 57.3 Å². The van der Waals surface area contributed by atoms with Crippen LogP contribution in [0.15, 0.2) is 75.5 Å². The highest BCUT2D eigenvalue weighted by molar-refractivity contribution is 7.14. The summed E-state index contributed by atoms with van der Waals surface area (Å²) in [6.07, 6.45) is 1.74. The van der Waals surface area contributed by atoms with Gasteiger partial charge in [0.2, 0.25) is 4.80 Å². The first-order valence-corrected chi connectivity index (χ1v) is 11.6. The Bertz CT molecular complexity index is 1230. The molecule has 4 rings (SSSR count). The van der Waals surface area contributed by atoms with Crippen LogP contribution < -0.4 is 19.0 Å². The minimum Gasteiger partial charge on any atom is -0.496 e. The van der Waals surface area contributed by atoms with Crippen LogP contribution in [0.1, 0.15) is 11.1 Å². The summed E-state index contributed by atoms with van der Waals surface area (Å²) in [4.78, 5) is 6.75. The van der Waals surface area contributed by atoms with Gasteiger partial charge in [0.05, 0.1) is 50.2 Å². The average molecular weight is 466 g/mol. The number of benzene rings is 2. The second-order valence-corrected chi connectivity index (χ2v) is 8.47. The third-order valence-electron chi connectivity index (χ3n) is 4.75. The molecule has 2 aromatic carbocycles. The minimum absolute atomic E-state index is 0.579. The monoisotopic (exact) mass is 465 g/mol. The molecule has 0 atom stereocenters. The van der Waals surface area contributed by atoms with Gasteiger partial charge in [-0.15, -0.1) is 22.7 Å². The first-order valence-electron chi connectivity index (χ1n) is 9.86. The molecule has 32 heavy (non-hydrogen) atoms. The number of hydrogen-bond donors (Lipinski definition) is 0. The largest absolute Gasteiger partial charge is 0.496 e. The van der Waals surface area contributed by atoms with Crippen molar-refractivity contribution in [3.05, 3.63) is 81.3 Å². The van der Waals surface area contributed by atoms with Crippen LogP contribution in [0.3, 0.4) is 0 Å². The van der Waals surface area contributed by atoms with Crippen molar-refractivity contribution in [1.82, 2.24) is 4.68 Å². The fourth-order valence-corrected chi connectivity index (χ4v) is 4.76. The van der Waals surface area contributed by atoms with Gasteiger partial charge in [-0.2, -0.15) is 5.10 Å².